The number of carbonyl (C=O) groups excluding carboxylic acids is 1. The summed E-state index contributed by atoms with van der Waals surface area (Å²) in [6.07, 6.45) is 7.01. The third-order valence-electron chi connectivity index (χ3n) is 4.76. The first kappa shape index (κ1) is 17.3. The number of halogens is 1. The average Bonchev–Trinajstić information content (AvgIpc) is 3.20. The van der Waals surface area contributed by atoms with Gasteiger partial charge in [-0.2, -0.15) is 0 Å². The lowest BCUT2D eigenvalue weighted by atomic mass is 10.1. The van der Waals surface area contributed by atoms with Crippen LogP contribution in [-0.2, 0) is 6.42 Å². The molecule has 0 radical (unpaired) electrons. The number of hydrogen-bond donors (Lipinski definition) is 0. The summed E-state index contributed by atoms with van der Waals surface area (Å²) >= 11 is 0. The lowest BCUT2D eigenvalue weighted by molar-refractivity contribution is 0.0726. The third-order valence-corrected chi connectivity index (χ3v) is 4.76. The molecule has 0 saturated carbocycles. The molecule has 1 aliphatic heterocycles. The first-order chi connectivity index (χ1) is 13.2. The molecule has 5 nitrogen and oxygen atoms in total. The highest BCUT2D eigenvalue weighted by Crippen LogP contribution is 2.32. The van der Waals surface area contributed by atoms with Crippen molar-refractivity contribution in [2.75, 3.05) is 6.54 Å². The maximum Gasteiger partial charge on any atom is 0.274 e. The molecule has 1 amide bonds. The van der Waals surface area contributed by atoms with Crippen LogP contribution < -0.4 is 0 Å². The summed E-state index contributed by atoms with van der Waals surface area (Å²) in [7, 11) is 0. The van der Waals surface area contributed by atoms with E-state index in [-0.39, 0.29) is 17.8 Å². The molecule has 0 unspecified atom stereocenters. The Morgan fingerprint density at radius 2 is 2.00 bits per heavy atom. The minimum atomic E-state index is -0.246. The molecule has 136 valence electrons. The van der Waals surface area contributed by atoms with Crippen LogP contribution in [0.2, 0.25) is 0 Å². The summed E-state index contributed by atoms with van der Waals surface area (Å²) in [4.78, 5) is 27.5. The van der Waals surface area contributed by atoms with Crippen LogP contribution in [0.15, 0.2) is 61.1 Å². The molecule has 0 N–H and O–H groups in total. The van der Waals surface area contributed by atoms with E-state index in [0.29, 0.717) is 18.7 Å². The first-order valence-corrected chi connectivity index (χ1v) is 8.98. The zero-order valence-corrected chi connectivity index (χ0v) is 14.8. The second kappa shape index (κ2) is 7.61. The van der Waals surface area contributed by atoms with Crippen molar-refractivity contribution >= 4 is 5.91 Å². The minimum absolute atomic E-state index is 0.0623. The Morgan fingerprint density at radius 1 is 1.15 bits per heavy atom. The van der Waals surface area contributed by atoms with E-state index in [1.54, 1.807) is 18.3 Å². The topological polar surface area (TPSA) is 59.0 Å². The predicted molar refractivity (Wildman–Crippen MR) is 98.5 cm³/mol. The Morgan fingerprint density at radius 3 is 2.78 bits per heavy atom. The quantitative estimate of drug-likeness (QED) is 0.712. The molecule has 3 heterocycles. The number of rotatable bonds is 4. The highest BCUT2D eigenvalue weighted by Gasteiger charge is 2.32. The van der Waals surface area contributed by atoms with E-state index in [1.165, 1.54) is 24.5 Å². The van der Waals surface area contributed by atoms with Gasteiger partial charge in [0.15, 0.2) is 0 Å². The van der Waals surface area contributed by atoms with Gasteiger partial charge in [0.05, 0.1) is 17.9 Å². The van der Waals surface area contributed by atoms with Gasteiger partial charge in [0.1, 0.15) is 11.5 Å². The second-order valence-electron chi connectivity index (χ2n) is 6.60. The van der Waals surface area contributed by atoms with E-state index in [2.05, 4.69) is 9.97 Å². The maximum atomic E-state index is 13.1. The molecule has 1 aliphatic rings. The standard InChI is InChI=1S/C21H19FN4O/c22-16-8-6-15(7-9-16)13-17-3-1-4-18(25-17)20-5-2-12-26(20)21(27)19-14-23-10-11-24-19/h1,3-4,6-11,14,20H,2,5,12-13H2/t20-/m1/s1. The van der Waals surface area contributed by atoms with E-state index in [4.69, 9.17) is 4.98 Å². The van der Waals surface area contributed by atoms with E-state index >= 15 is 0 Å². The molecular weight excluding hydrogens is 343 g/mol. The van der Waals surface area contributed by atoms with Crippen molar-refractivity contribution < 1.29 is 9.18 Å². The number of carbonyl (C=O) groups is 1. The monoisotopic (exact) mass is 362 g/mol. The average molecular weight is 362 g/mol. The fourth-order valence-corrected chi connectivity index (χ4v) is 3.47. The minimum Gasteiger partial charge on any atom is -0.329 e. The summed E-state index contributed by atoms with van der Waals surface area (Å²) in [6, 6.07) is 12.3. The highest BCUT2D eigenvalue weighted by molar-refractivity contribution is 5.92. The van der Waals surface area contributed by atoms with Crippen molar-refractivity contribution in [2.24, 2.45) is 0 Å². The SMILES string of the molecule is O=C(c1cnccn1)N1CCC[C@@H]1c1cccc(Cc2ccc(F)cc2)n1. The molecular formula is C21H19FN4O. The second-order valence-corrected chi connectivity index (χ2v) is 6.60. The summed E-state index contributed by atoms with van der Waals surface area (Å²) in [5.74, 6) is -0.360. The van der Waals surface area contributed by atoms with Gasteiger partial charge in [-0.15, -0.1) is 0 Å². The van der Waals surface area contributed by atoms with Crippen molar-refractivity contribution in [3.8, 4) is 0 Å². The van der Waals surface area contributed by atoms with Crippen LogP contribution in [0.25, 0.3) is 0 Å². The summed E-state index contributed by atoms with van der Waals surface area (Å²) in [6.45, 7) is 0.684. The number of benzene rings is 1. The van der Waals surface area contributed by atoms with Crippen LogP contribution in [0.4, 0.5) is 4.39 Å². The van der Waals surface area contributed by atoms with E-state index in [1.807, 2.05) is 23.1 Å². The predicted octanol–water partition coefficient (Wildman–Crippen LogP) is 3.58. The van der Waals surface area contributed by atoms with Crippen LogP contribution in [-0.4, -0.2) is 32.3 Å². The van der Waals surface area contributed by atoms with Gasteiger partial charge in [-0.25, -0.2) is 9.37 Å². The van der Waals surface area contributed by atoms with Gasteiger partial charge in [0.2, 0.25) is 0 Å². The Kier molecular flexibility index (Phi) is 4.87. The van der Waals surface area contributed by atoms with Crippen LogP contribution in [0.3, 0.4) is 0 Å². The maximum absolute atomic E-state index is 13.1. The molecule has 0 aliphatic carbocycles. The third kappa shape index (κ3) is 3.84. The smallest absolute Gasteiger partial charge is 0.274 e. The fourth-order valence-electron chi connectivity index (χ4n) is 3.47. The molecule has 4 rings (SSSR count). The van der Waals surface area contributed by atoms with Gasteiger partial charge in [0, 0.05) is 31.1 Å². The normalized spacial score (nSPS) is 16.5. The first-order valence-electron chi connectivity index (χ1n) is 8.98. The molecule has 0 bridgehead atoms. The zero-order valence-electron chi connectivity index (χ0n) is 14.8. The molecule has 1 saturated heterocycles. The molecule has 6 heteroatoms. The largest absolute Gasteiger partial charge is 0.329 e. The van der Waals surface area contributed by atoms with E-state index in [0.717, 1.165) is 29.8 Å². The fraction of sp³-hybridized carbons (Fsp3) is 0.238. The number of pyridine rings is 1. The highest BCUT2D eigenvalue weighted by atomic mass is 19.1. The molecule has 0 spiro atoms. The van der Waals surface area contributed by atoms with Crippen LogP contribution in [0.1, 0.15) is 46.3 Å². The van der Waals surface area contributed by atoms with E-state index in [9.17, 15) is 9.18 Å². The molecule has 1 atom stereocenters. The van der Waals surface area contributed by atoms with Gasteiger partial charge >= 0.3 is 0 Å². The van der Waals surface area contributed by atoms with Gasteiger partial charge in [-0.05, 0) is 42.7 Å². The van der Waals surface area contributed by atoms with Gasteiger partial charge in [-0.3, -0.25) is 14.8 Å². The van der Waals surface area contributed by atoms with Gasteiger partial charge < -0.3 is 4.90 Å². The Labute approximate surface area is 156 Å². The van der Waals surface area contributed by atoms with E-state index < -0.39 is 0 Å². The number of likely N-dealkylation sites (tertiary alicyclic amines) is 1. The Bertz CT molecular complexity index is 930. The Hall–Kier alpha value is -3.15. The van der Waals surface area contributed by atoms with Crippen molar-refractivity contribution in [3.63, 3.8) is 0 Å². The van der Waals surface area contributed by atoms with Gasteiger partial charge in [0.25, 0.3) is 5.91 Å². The number of nitrogens with zero attached hydrogens (tertiary/aromatic N) is 4. The van der Waals surface area contributed by atoms with Crippen LogP contribution in [0.5, 0.6) is 0 Å². The molecule has 1 aromatic carbocycles. The van der Waals surface area contributed by atoms with Crippen molar-refractivity contribution in [1.29, 1.82) is 0 Å². The molecule has 2 aromatic heterocycles. The van der Waals surface area contributed by atoms with Crippen LogP contribution in [0, 0.1) is 5.82 Å². The van der Waals surface area contributed by atoms with Gasteiger partial charge in [-0.1, -0.05) is 18.2 Å². The number of hydrogen-bond acceptors (Lipinski definition) is 4. The lowest BCUT2D eigenvalue weighted by Gasteiger charge is -2.24. The van der Waals surface area contributed by atoms with Crippen molar-refractivity contribution in [1.82, 2.24) is 19.9 Å². The zero-order chi connectivity index (χ0) is 18.6. The number of aromatic nitrogens is 3. The molecule has 1 fully saturated rings. The Balaban J connectivity index is 1.55. The number of amides is 1. The van der Waals surface area contributed by atoms with Crippen molar-refractivity contribution in [2.45, 2.75) is 25.3 Å². The van der Waals surface area contributed by atoms with Crippen LogP contribution >= 0.6 is 0 Å². The lowest BCUT2D eigenvalue weighted by Crippen LogP contribution is -2.31. The summed E-state index contributed by atoms with van der Waals surface area (Å²) in [5, 5.41) is 0. The van der Waals surface area contributed by atoms with Crippen molar-refractivity contribution in [3.05, 3.63) is 89.5 Å². The summed E-state index contributed by atoms with van der Waals surface area (Å²) < 4.78 is 13.1. The summed E-state index contributed by atoms with van der Waals surface area (Å²) in [5.41, 5.74) is 3.13. The molecule has 3 aromatic rings. The molecule has 27 heavy (non-hydrogen) atoms.